The van der Waals surface area contributed by atoms with Crippen LogP contribution in [-0.4, -0.2) is 21.6 Å². The van der Waals surface area contributed by atoms with Crippen molar-refractivity contribution in [2.75, 3.05) is 17.9 Å². The van der Waals surface area contributed by atoms with Crippen LogP contribution in [0.3, 0.4) is 0 Å². The van der Waals surface area contributed by atoms with Crippen molar-refractivity contribution in [2.45, 2.75) is 17.9 Å². The van der Waals surface area contributed by atoms with E-state index < -0.39 is 10.0 Å². The molecule has 0 fully saturated rings. The largest absolute Gasteiger partial charge is 0.490 e. The van der Waals surface area contributed by atoms with Gasteiger partial charge in [-0.1, -0.05) is 18.2 Å². The summed E-state index contributed by atoms with van der Waals surface area (Å²) in [4.78, 5) is 0.0735. The Morgan fingerprint density at radius 2 is 1.70 bits per heavy atom. The SMILES string of the molecule is O=S(=O)(Nc1cccc(OCc2ccc(F)cc2)c1)c1ccc2c(c1)OCCCO2. The van der Waals surface area contributed by atoms with Crippen LogP contribution in [0.25, 0.3) is 0 Å². The number of fused-ring (bicyclic) bond motifs is 1. The Kier molecular flexibility index (Phi) is 5.76. The van der Waals surface area contributed by atoms with Crippen LogP contribution in [0.4, 0.5) is 10.1 Å². The predicted octanol–water partition coefficient (Wildman–Crippen LogP) is 4.37. The van der Waals surface area contributed by atoms with Crippen LogP contribution in [0, 0.1) is 5.82 Å². The molecule has 0 saturated carbocycles. The number of ether oxygens (including phenoxy) is 3. The Bertz CT molecular complexity index is 1130. The number of hydrogen-bond donors (Lipinski definition) is 1. The maximum atomic E-state index is 13.0. The van der Waals surface area contributed by atoms with Gasteiger partial charge in [0.25, 0.3) is 10.0 Å². The predicted molar refractivity (Wildman–Crippen MR) is 110 cm³/mol. The number of sulfonamides is 1. The van der Waals surface area contributed by atoms with Crippen LogP contribution >= 0.6 is 0 Å². The molecule has 1 aliphatic heterocycles. The van der Waals surface area contributed by atoms with Crippen molar-refractivity contribution >= 4 is 15.7 Å². The fourth-order valence-corrected chi connectivity index (χ4v) is 3.99. The first-order valence-electron chi connectivity index (χ1n) is 9.39. The number of benzene rings is 3. The fourth-order valence-electron chi connectivity index (χ4n) is 2.92. The molecule has 3 aromatic rings. The number of halogens is 1. The lowest BCUT2D eigenvalue weighted by atomic mass is 10.2. The first-order chi connectivity index (χ1) is 14.5. The molecule has 6 nitrogen and oxygen atoms in total. The monoisotopic (exact) mass is 429 g/mol. The van der Waals surface area contributed by atoms with E-state index in [1.54, 1.807) is 42.5 Å². The highest BCUT2D eigenvalue weighted by atomic mass is 32.2. The summed E-state index contributed by atoms with van der Waals surface area (Å²) in [5, 5.41) is 0. The van der Waals surface area contributed by atoms with Gasteiger partial charge in [0.15, 0.2) is 11.5 Å². The average Bonchev–Trinajstić information content (AvgIpc) is 2.98. The van der Waals surface area contributed by atoms with Crippen LogP contribution in [-0.2, 0) is 16.6 Å². The lowest BCUT2D eigenvalue weighted by Crippen LogP contribution is -2.13. The van der Waals surface area contributed by atoms with Crippen LogP contribution < -0.4 is 18.9 Å². The van der Waals surface area contributed by atoms with Crippen molar-refractivity contribution in [3.8, 4) is 17.2 Å². The molecule has 1 heterocycles. The van der Waals surface area contributed by atoms with Crippen LogP contribution in [0.15, 0.2) is 71.6 Å². The maximum Gasteiger partial charge on any atom is 0.262 e. The van der Waals surface area contributed by atoms with Gasteiger partial charge in [-0.3, -0.25) is 4.72 Å². The molecule has 8 heteroatoms. The summed E-state index contributed by atoms with van der Waals surface area (Å²) >= 11 is 0. The molecular formula is C22H20FNO5S. The van der Waals surface area contributed by atoms with Crippen molar-refractivity contribution in [3.05, 3.63) is 78.1 Å². The van der Waals surface area contributed by atoms with Crippen molar-refractivity contribution in [3.63, 3.8) is 0 Å². The fraction of sp³-hybridized carbons (Fsp3) is 0.182. The molecule has 1 N–H and O–H groups in total. The molecule has 0 saturated heterocycles. The zero-order valence-corrected chi connectivity index (χ0v) is 16.8. The molecule has 0 amide bonds. The van der Waals surface area contributed by atoms with Crippen LogP contribution in [0.1, 0.15) is 12.0 Å². The average molecular weight is 429 g/mol. The summed E-state index contributed by atoms with van der Waals surface area (Å²) in [5.41, 5.74) is 1.16. The Balaban J connectivity index is 1.47. The van der Waals surface area contributed by atoms with E-state index in [1.165, 1.54) is 24.3 Å². The molecule has 0 atom stereocenters. The van der Waals surface area contributed by atoms with Gasteiger partial charge in [-0.05, 0) is 42.0 Å². The summed E-state index contributed by atoms with van der Waals surface area (Å²) in [7, 11) is -3.83. The van der Waals surface area contributed by atoms with Gasteiger partial charge >= 0.3 is 0 Å². The van der Waals surface area contributed by atoms with E-state index in [0.717, 1.165) is 12.0 Å². The summed E-state index contributed by atoms with van der Waals surface area (Å²) in [6.45, 7) is 1.23. The van der Waals surface area contributed by atoms with Gasteiger partial charge in [0, 0.05) is 18.6 Å². The summed E-state index contributed by atoms with van der Waals surface area (Å²) in [5.74, 6) is 1.11. The molecule has 30 heavy (non-hydrogen) atoms. The smallest absolute Gasteiger partial charge is 0.262 e. The van der Waals surface area contributed by atoms with Gasteiger partial charge in [-0.15, -0.1) is 0 Å². The van der Waals surface area contributed by atoms with E-state index in [9.17, 15) is 12.8 Å². The molecule has 3 aromatic carbocycles. The topological polar surface area (TPSA) is 73.9 Å². The van der Waals surface area contributed by atoms with E-state index in [4.69, 9.17) is 14.2 Å². The second-order valence-electron chi connectivity index (χ2n) is 6.71. The van der Waals surface area contributed by atoms with Crippen LogP contribution in [0.5, 0.6) is 17.2 Å². The molecule has 0 aliphatic carbocycles. The van der Waals surface area contributed by atoms with E-state index in [0.29, 0.717) is 36.1 Å². The minimum Gasteiger partial charge on any atom is -0.490 e. The quantitative estimate of drug-likeness (QED) is 0.630. The maximum absolute atomic E-state index is 13.0. The van der Waals surface area contributed by atoms with Gasteiger partial charge in [-0.2, -0.15) is 0 Å². The second-order valence-corrected chi connectivity index (χ2v) is 8.39. The third-order valence-corrected chi connectivity index (χ3v) is 5.81. The Labute approximate surface area is 174 Å². The van der Waals surface area contributed by atoms with Crippen molar-refractivity contribution in [1.29, 1.82) is 0 Å². The van der Waals surface area contributed by atoms with E-state index in [-0.39, 0.29) is 17.3 Å². The molecule has 4 rings (SSSR count). The number of nitrogens with one attached hydrogen (secondary N) is 1. The van der Waals surface area contributed by atoms with Gasteiger partial charge < -0.3 is 14.2 Å². The van der Waals surface area contributed by atoms with Gasteiger partial charge in [0.1, 0.15) is 18.2 Å². The summed E-state index contributed by atoms with van der Waals surface area (Å²) in [6, 6.07) is 17.1. The minimum absolute atomic E-state index is 0.0735. The Morgan fingerprint density at radius 3 is 2.50 bits per heavy atom. The standard InChI is InChI=1S/C22H20FNO5S/c23-17-7-5-16(6-8-17)15-29-19-4-1-3-18(13-19)24-30(25,26)20-9-10-21-22(14-20)28-12-2-11-27-21/h1,3-10,13-14,24H,2,11-12,15H2. The molecular weight excluding hydrogens is 409 g/mol. The number of anilines is 1. The second kappa shape index (κ2) is 8.62. The Morgan fingerprint density at radius 1 is 0.933 bits per heavy atom. The van der Waals surface area contributed by atoms with Crippen molar-refractivity contribution in [2.24, 2.45) is 0 Å². The molecule has 1 aliphatic rings. The zero-order chi connectivity index (χ0) is 21.0. The zero-order valence-electron chi connectivity index (χ0n) is 16.0. The van der Waals surface area contributed by atoms with Gasteiger partial charge in [0.2, 0.25) is 0 Å². The molecule has 0 unspecified atom stereocenters. The molecule has 0 bridgehead atoms. The molecule has 156 valence electrons. The normalized spacial score (nSPS) is 13.4. The van der Waals surface area contributed by atoms with Gasteiger partial charge in [-0.25, -0.2) is 12.8 Å². The van der Waals surface area contributed by atoms with E-state index in [2.05, 4.69) is 4.72 Å². The number of hydrogen-bond acceptors (Lipinski definition) is 5. The highest BCUT2D eigenvalue weighted by Gasteiger charge is 2.19. The van der Waals surface area contributed by atoms with Crippen molar-refractivity contribution in [1.82, 2.24) is 0 Å². The summed E-state index contributed by atoms with van der Waals surface area (Å²) < 4.78 is 58.0. The summed E-state index contributed by atoms with van der Waals surface area (Å²) in [6.07, 6.45) is 0.736. The first-order valence-corrected chi connectivity index (χ1v) is 10.9. The highest BCUT2D eigenvalue weighted by molar-refractivity contribution is 7.92. The molecule has 0 radical (unpaired) electrons. The highest BCUT2D eigenvalue weighted by Crippen LogP contribution is 2.32. The van der Waals surface area contributed by atoms with Crippen LogP contribution in [0.2, 0.25) is 0 Å². The lowest BCUT2D eigenvalue weighted by molar-refractivity contribution is 0.297. The van der Waals surface area contributed by atoms with Crippen molar-refractivity contribution < 1.29 is 27.0 Å². The number of rotatable bonds is 6. The lowest BCUT2D eigenvalue weighted by Gasteiger charge is -2.12. The molecule has 0 spiro atoms. The third kappa shape index (κ3) is 4.83. The van der Waals surface area contributed by atoms with E-state index >= 15 is 0 Å². The third-order valence-electron chi connectivity index (χ3n) is 4.43. The molecule has 0 aromatic heterocycles. The van der Waals surface area contributed by atoms with Gasteiger partial charge in [0.05, 0.1) is 23.8 Å². The Hall–Kier alpha value is -3.26. The van der Waals surface area contributed by atoms with E-state index in [1.807, 2.05) is 0 Å². The first kappa shape index (κ1) is 20.0. The minimum atomic E-state index is -3.83.